The molecule has 3 aromatic rings. The molecule has 1 N–H and O–H groups in total. The predicted molar refractivity (Wildman–Crippen MR) is 136 cm³/mol. The molecule has 2 aliphatic rings. The Hall–Kier alpha value is -2.96. The molecule has 5 rings (SSSR count). The molecule has 1 saturated heterocycles. The van der Waals surface area contributed by atoms with Gasteiger partial charge in [0.05, 0.1) is 11.9 Å². The lowest BCUT2D eigenvalue weighted by Gasteiger charge is -2.29. The van der Waals surface area contributed by atoms with E-state index in [-0.39, 0.29) is 24.8 Å². The third kappa shape index (κ3) is 5.36. The fraction of sp³-hybridized carbons (Fsp3) is 0.625. The zero-order valence-corrected chi connectivity index (χ0v) is 21.8. The van der Waals surface area contributed by atoms with Gasteiger partial charge in [0, 0.05) is 44.0 Å². The summed E-state index contributed by atoms with van der Waals surface area (Å²) in [7, 11) is 0. The van der Waals surface area contributed by atoms with Crippen LogP contribution >= 0.6 is 11.3 Å². The Kier molecular flexibility index (Phi) is 7.24. The van der Waals surface area contributed by atoms with Crippen LogP contribution < -0.4 is 10.2 Å². The predicted octanol–water partition coefficient (Wildman–Crippen LogP) is 4.33. The maximum Gasteiger partial charge on any atom is 0.451 e. The van der Waals surface area contributed by atoms with Crippen LogP contribution in [0.4, 0.5) is 24.9 Å². The number of thiophene rings is 1. The topological polar surface area (TPSA) is 92.1 Å². The molecular formula is C24H31F3N8OS. The first-order chi connectivity index (χ1) is 17.8. The molecular weight excluding hydrogens is 505 g/mol. The number of rotatable bonds is 8. The van der Waals surface area contributed by atoms with E-state index in [9.17, 15) is 18.0 Å². The summed E-state index contributed by atoms with van der Waals surface area (Å²) in [6, 6.07) is 2.09. The molecule has 37 heavy (non-hydrogen) atoms. The second kappa shape index (κ2) is 10.4. The van der Waals surface area contributed by atoms with Crippen LogP contribution in [0.15, 0.2) is 6.07 Å². The first-order valence-corrected chi connectivity index (χ1v) is 13.6. The van der Waals surface area contributed by atoms with Crippen molar-refractivity contribution in [2.75, 3.05) is 36.4 Å². The number of nitrogens with zero attached hydrogens (tertiary/aromatic N) is 7. The Morgan fingerprint density at radius 1 is 1.16 bits per heavy atom. The van der Waals surface area contributed by atoms with E-state index in [1.807, 2.05) is 16.7 Å². The molecule has 1 unspecified atom stereocenters. The summed E-state index contributed by atoms with van der Waals surface area (Å²) in [5.41, 5.74) is 0. The highest BCUT2D eigenvalue weighted by molar-refractivity contribution is 7.18. The van der Waals surface area contributed by atoms with Gasteiger partial charge in [0.25, 0.3) is 0 Å². The number of likely N-dealkylation sites (tertiary alicyclic amines) is 1. The lowest BCUT2D eigenvalue weighted by molar-refractivity contribution is -0.147. The van der Waals surface area contributed by atoms with Gasteiger partial charge < -0.3 is 19.7 Å². The van der Waals surface area contributed by atoms with Crippen LogP contribution in [0.1, 0.15) is 56.1 Å². The number of alkyl halides is 3. The molecule has 2 aliphatic heterocycles. The molecule has 0 aromatic carbocycles. The quantitative estimate of drug-likeness (QED) is 0.458. The number of anilines is 2. The minimum atomic E-state index is -4.54. The van der Waals surface area contributed by atoms with Gasteiger partial charge in [0.2, 0.25) is 17.7 Å². The molecule has 13 heteroatoms. The molecule has 0 aliphatic carbocycles. The van der Waals surface area contributed by atoms with Crippen LogP contribution in [0, 0.1) is 5.92 Å². The van der Waals surface area contributed by atoms with Crippen LogP contribution in [0.25, 0.3) is 10.2 Å². The van der Waals surface area contributed by atoms with E-state index >= 15 is 0 Å². The average molecular weight is 537 g/mol. The number of amides is 1. The highest BCUT2D eigenvalue weighted by Gasteiger charge is 2.39. The SMILES string of the molecule is CCCC(=O)N1CCC(CNc2nc(N3CCn4c(nnc4C(F)(F)F)C3)c3cc(CCC)sc3n2)C1. The average Bonchev–Trinajstić information content (AvgIpc) is 3.59. The summed E-state index contributed by atoms with van der Waals surface area (Å²) >= 11 is 1.62. The maximum atomic E-state index is 13.3. The fourth-order valence-corrected chi connectivity index (χ4v) is 6.15. The van der Waals surface area contributed by atoms with Crippen LogP contribution in [-0.4, -0.2) is 61.7 Å². The van der Waals surface area contributed by atoms with Crippen molar-refractivity contribution in [3.63, 3.8) is 0 Å². The van der Waals surface area contributed by atoms with E-state index in [4.69, 9.17) is 9.97 Å². The summed E-state index contributed by atoms with van der Waals surface area (Å²) in [4.78, 5) is 27.8. The first-order valence-electron chi connectivity index (χ1n) is 12.8. The van der Waals surface area contributed by atoms with Gasteiger partial charge >= 0.3 is 6.18 Å². The molecule has 9 nitrogen and oxygen atoms in total. The van der Waals surface area contributed by atoms with Crippen molar-refractivity contribution in [2.45, 2.75) is 65.2 Å². The zero-order chi connectivity index (χ0) is 26.2. The molecule has 1 fully saturated rings. The minimum absolute atomic E-state index is 0.126. The number of halogens is 3. The lowest BCUT2D eigenvalue weighted by atomic mass is 10.1. The molecule has 0 spiro atoms. The summed E-state index contributed by atoms with van der Waals surface area (Å²) in [5.74, 6) is 1.03. The van der Waals surface area contributed by atoms with Gasteiger partial charge in [-0.05, 0) is 31.2 Å². The van der Waals surface area contributed by atoms with Gasteiger partial charge in [-0.1, -0.05) is 20.3 Å². The van der Waals surface area contributed by atoms with Crippen LogP contribution in [-0.2, 0) is 30.5 Å². The summed E-state index contributed by atoms with van der Waals surface area (Å²) in [6.07, 6.45) is -0.249. The Morgan fingerprint density at radius 2 is 2.00 bits per heavy atom. The van der Waals surface area contributed by atoms with Crippen LogP contribution in [0.3, 0.4) is 0 Å². The number of nitrogens with one attached hydrogen (secondary N) is 1. The Balaban J connectivity index is 1.37. The number of carbonyl (C=O) groups excluding carboxylic acids is 1. The van der Waals surface area contributed by atoms with Crippen molar-refractivity contribution in [1.82, 2.24) is 29.6 Å². The second-order valence-electron chi connectivity index (χ2n) is 9.69. The van der Waals surface area contributed by atoms with Gasteiger partial charge in [-0.2, -0.15) is 18.2 Å². The van der Waals surface area contributed by atoms with Gasteiger partial charge in [0.1, 0.15) is 10.6 Å². The van der Waals surface area contributed by atoms with E-state index in [0.717, 1.165) is 53.6 Å². The lowest BCUT2D eigenvalue weighted by Crippen LogP contribution is -2.36. The molecule has 1 amide bonds. The van der Waals surface area contributed by atoms with E-state index in [1.54, 1.807) is 11.3 Å². The number of aryl methyl sites for hydroxylation is 1. The van der Waals surface area contributed by atoms with Crippen molar-refractivity contribution >= 4 is 39.2 Å². The van der Waals surface area contributed by atoms with E-state index in [0.29, 0.717) is 37.2 Å². The fourth-order valence-electron chi connectivity index (χ4n) is 5.03. The molecule has 0 radical (unpaired) electrons. The van der Waals surface area contributed by atoms with Crippen molar-refractivity contribution in [3.8, 4) is 0 Å². The number of hydrogen-bond donors (Lipinski definition) is 1. The van der Waals surface area contributed by atoms with E-state index in [1.165, 1.54) is 4.88 Å². The monoisotopic (exact) mass is 536 g/mol. The smallest absolute Gasteiger partial charge is 0.354 e. The molecule has 200 valence electrons. The largest absolute Gasteiger partial charge is 0.451 e. The maximum absolute atomic E-state index is 13.3. The highest BCUT2D eigenvalue weighted by Crippen LogP contribution is 2.35. The molecule has 0 saturated carbocycles. The molecule has 5 heterocycles. The van der Waals surface area contributed by atoms with E-state index < -0.39 is 12.0 Å². The summed E-state index contributed by atoms with van der Waals surface area (Å²) in [5, 5.41) is 11.5. The zero-order valence-electron chi connectivity index (χ0n) is 21.0. The van der Waals surface area contributed by atoms with Crippen LogP contribution in [0.2, 0.25) is 0 Å². The second-order valence-corrected chi connectivity index (χ2v) is 10.8. The minimum Gasteiger partial charge on any atom is -0.354 e. The van der Waals surface area contributed by atoms with Gasteiger partial charge in [-0.15, -0.1) is 21.5 Å². The molecule has 0 bridgehead atoms. The van der Waals surface area contributed by atoms with E-state index in [2.05, 4.69) is 28.5 Å². The van der Waals surface area contributed by atoms with Crippen molar-refractivity contribution in [3.05, 3.63) is 22.6 Å². The molecule has 1 atom stereocenters. The first kappa shape index (κ1) is 25.7. The third-order valence-electron chi connectivity index (χ3n) is 6.88. The third-order valence-corrected chi connectivity index (χ3v) is 7.97. The molecule has 3 aromatic heterocycles. The Morgan fingerprint density at radius 3 is 2.76 bits per heavy atom. The normalized spacial score (nSPS) is 18.0. The van der Waals surface area contributed by atoms with Crippen molar-refractivity contribution in [1.29, 1.82) is 0 Å². The Labute approximate surface area is 217 Å². The number of hydrogen-bond acceptors (Lipinski definition) is 8. The number of fused-ring (bicyclic) bond motifs is 2. The number of carbonyl (C=O) groups is 1. The van der Waals surface area contributed by atoms with Crippen molar-refractivity contribution < 1.29 is 18.0 Å². The standard InChI is InChI=1S/C24H31F3N8OS/c1-3-5-16-11-17-20(34-9-10-35-18(14-34)31-32-22(35)24(25,26)27)29-23(30-21(17)37-16)28-12-15-7-8-33(13-15)19(36)6-4-2/h11,15H,3-10,12-14H2,1-2H3,(H,28,29,30). The number of aromatic nitrogens is 5. The van der Waals surface area contributed by atoms with Gasteiger partial charge in [-0.3, -0.25) is 4.79 Å². The Bertz CT molecular complexity index is 1270. The highest BCUT2D eigenvalue weighted by atomic mass is 32.1. The summed E-state index contributed by atoms with van der Waals surface area (Å²) in [6.45, 7) is 6.95. The van der Waals surface area contributed by atoms with Crippen LogP contribution in [0.5, 0.6) is 0 Å². The summed E-state index contributed by atoms with van der Waals surface area (Å²) < 4.78 is 41.0. The van der Waals surface area contributed by atoms with Gasteiger partial charge in [-0.25, -0.2) is 4.98 Å². The van der Waals surface area contributed by atoms with Crippen molar-refractivity contribution in [2.24, 2.45) is 5.92 Å². The van der Waals surface area contributed by atoms with Gasteiger partial charge in [0.15, 0.2) is 5.82 Å².